The van der Waals surface area contributed by atoms with E-state index in [1.807, 2.05) is 24.6 Å². The number of hydrogen-bond donors (Lipinski definition) is 0. The molecule has 3 heterocycles. The van der Waals surface area contributed by atoms with Gasteiger partial charge in [-0.2, -0.15) is 5.10 Å². The Bertz CT molecular complexity index is 1310. The topological polar surface area (TPSA) is 61.4 Å². The molecule has 3 aromatic heterocycles. The van der Waals surface area contributed by atoms with Crippen LogP contribution in [-0.4, -0.2) is 32.2 Å². The van der Waals surface area contributed by atoms with Crippen molar-refractivity contribution < 1.29 is 9.53 Å². The highest BCUT2D eigenvalue weighted by Gasteiger charge is 2.30. The molecule has 0 spiro atoms. The van der Waals surface area contributed by atoms with Gasteiger partial charge in [0.25, 0.3) is 0 Å². The Morgan fingerprint density at radius 1 is 1.19 bits per heavy atom. The van der Waals surface area contributed by atoms with Crippen molar-refractivity contribution in [2.45, 2.75) is 58.8 Å². The van der Waals surface area contributed by atoms with Crippen molar-refractivity contribution in [3.05, 3.63) is 53.5 Å². The summed E-state index contributed by atoms with van der Waals surface area (Å²) in [4.78, 5) is 17.7. The van der Waals surface area contributed by atoms with Crippen molar-refractivity contribution in [2.75, 3.05) is 7.11 Å². The van der Waals surface area contributed by atoms with Crippen LogP contribution < -0.4 is 0 Å². The second-order valence-electron chi connectivity index (χ2n) is 9.57. The summed E-state index contributed by atoms with van der Waals surface area (Å²) >= 11 is 0. The van der Waals surface area contributed by atoms with Crippen LogP contribution in [0.1, 0.15) is 63.4 Å². The summed E-state index contributed by atoms with van der Waals surface area (Å²) < 4.78 is 9.23. The van der Waals surface area contributed by atoms with Crippen LogP contribution in [0.25, 0.3) is 27.8 Å². The number of esters is 1. The summed E-state index contributed by atoms with van der Waals surface area (Å²) in [7, 11) is 3.49. The Kier molecular flexibility index (Phi) is 5.57. The monoisotopic (exact) mass is 432 g/mol. The molecule has 0 aliphatic heterocycles. The molecule has 1 atom stereocenters. The van der Waals surface area contributed by atoms with Gasteiger partial charge in [0.05, 0.1) is 24.4 Å². The Morgan fingerprint density at radius 2 is 1.94 bits per heavy atom. The molecule has 0 aliphatic carbocycles. The third-order valence-corrected chi connectivity index (χ3v) is 6.17. The maximum Gasteiger partial charge on any atom is 0.313 e. The first kappa shape index (κ1) is 22.1. The van der Waals surface area contributed by atoms with E-state index in [1.54, 1.807) is 0 Å². The van der Waals surface area contributed by atoms with Gasteiger partial charge in [-0.05, 0) is 31.5 Å². The van der Waals surface area contributed by atoms with Crippen LogP contribution >= 0.6 is 0 Å². The number of benzene rings is 1. The summed E-state index contributed by atoms with van der Waals surface area (Å²) in [5, 5.41) is 6.12. The standard InChI is InChI=1S/C26H32N4O2/c1-8-9-19(25(31)32-7)23-16(2)27-22-15-21(26(3,4)5)28-30(22)24(23)18-10-11-20-17(14-18)12-13-29(20)6/h10-15,19H,8-9H2,1-7H3. The molecule has 0 aliphatic rings. The average molecular weight is 433 g/mol. The number of methoxy groups -OCH3 is 1. The molecule has 0 saturated carbocycles. The lowest BCUT2D eigenvalue weighted by atomic mass is 9.89. The molecule has 0 bridgehead atoms. The predicted octanol–water partition coefficient (Wildman–Crippen LogP) is 5.55. The quantitative estimate of drug-likeness (QED) is 0.388. The number of nitrogens with zero attached hydrogens (tertiary/aromatic N) is 4. The molecule has 32 heavy (non-hydrogen) atoms. The van der Waals surface area contributed by atoms with Crippen molar-refractivity contribution in [2.24, 2.45) is 7.05 Å². The van der Waals surface area contributed by atoms with Gasteiger partial charge in [-0.3, -0.25) is 4.79 Å². The highest BCUT2D eigenvalue weighted by Crippen LogP contribution is 2.37. The van der Waals surface area contributed by atoms with Crippen LogP contribution in [0, 0.1) is 6.92 Å². The van der Waals surface area contributed by atoms with E-state index in [0.717, 1.165) is 51.2 Å². The van der Waals surface area contributed by atoms with Crippen molar-refractivity contribution in [3.8, 4) is 11.3 Å². The number of carbonyl (C=O) groups is 1. The molecule has 1 aromatic carbocycles. The van der Waals surface area contributed by atoms with E-state index in [1.165, 1.54) is 7.11 Å². The number of carbonyl (C=O) groups excluding carboxylic acids is 1. The minimum atomic E-state index is -0.398. The number of hydrogen-bond acceptors (Lipinski definition) is 4. The molecule has 6 heteroatoms. The highest BCUT2D eigenvalue weighted by atomic mass is 16.5. The Labute approximate surface area is 189 Å². The maximum atomic E-state index is 12.9. The zero-order chi connectivity index (χ0) is 23.2. The van der Waals surface area contributed by atoms with Crippen LogP contribution in [0.15, 0.2) is 36.5 Å². The molecular formula is C26H32N4O2. The number of aryl methyl sites for hydroxylation is 2. The fourth-order valence-corrected chi connectivity index (χ4v) is 4.43. The van der Waals surface area contributed by atoms with Gasteiger partial charge in [-0.15, -0.1) is 0 Å². The van der Waals surface area contributed by atoms with Gasteiger partial charge in [0.15, 0.2) is 5.65 Å². The van der Waals surface area contributed by atoms with Gasteiger partial charge >= 0.3 is 5.97 Å². The number of rotatable bonds is 5. The number of fused-ring (bicyclic) bond motifs is 2. The summed E-state index contributed by atoms with van der Waals surface area (Å²) in [6.45, 7) is 10.5. The molecule has 0 N–H and O–H groups in total. The molecule has 168 valence electrons. The van der Waals surface area contributed by atoms with Crippen LogP contribution in [0.4, 0.5) is 0 Å². The van der Waals surface area contributed by atoms with Gasteiger partial charge in [-0.25, -0.2) is 9.50 Å². The second kappa shape index (κ2) is 8.08. The van der Waals surface area contributed by atoms with Gasteiger partial charge in [-0.1, -0.05) is 40.2 Å². The van der Waals surface area contributed by atoms with Crippen molar-refractivity contribution in [1.29, 1.82) is 0 Å². The lowest BCUT2D eigenvalue weighted by Gasteiger charge is -2.21. The largest absolute Gasteiger partial charge is 0.469 e. The summed E-state index contributed by atoms with van der Waals surface area (Å²) in [6.07, 6.45) is 3.61. The predicted molar refractivity (Wildman–Crippen MR) is 128 cm³/mol. The molecule has 6 nitrogen and oxygen atoms in total. The van der Waals surface area contributed by atoms with Crippen LogP contribution in [0.5, 0.6) is 0 Å². The first-order valence-corrected chi connectivity index (χ1v) is 11.2. The molecule has 4 aromatic rings. The molecule has 0 amide bonds. The number of aromatic nitrogens is 4. The van der Waals surface area contributed by atoms with Crippen molar-refractivity contribution in [3.63, 3.8) is 0 Å². The lowest BCUT2D eigenvalue weighted by molar-refractivity contribution is -0.142. The molecule has 0 saturated heterocycles. The van der Waals surface area contributed by atoms with E-state index < -0.39 is 5.92 Å². The van der Waals surface area contributed by atoms with E-state index in [9.17, 15) is 4.79 Å². The highest BCUT2D eigenvalue weighted by molar-refractivity contribution is 5.88. The van der Waals surface area contributed by atoms with Crippen molar-refractivity contribution in [1.82, 2.24) is 19.2 Å². The first-order chi connectivity index (χ1) is 15.2. The maximum absolute atomic E-state index is 12.9. The SMILES string of the molecule is CCCC(C(=O)OC)c1c(C)nc2cc(C(C)(C)C)nn2c1-c1ccc2c(ccn2C)c1. The fraction of sp³-hybridized carbons (Fsp3) is 0.423. The minimum absolute atomic E-state index is 0.117. The summed E-state index contributed by atoms with van der Waals surface area (Å²) in [5.41, 5.74) is 6.46. The molecular weight excluding hydrogens is 400 g/mol. The minimum Gasteiger partial charge on any atom is -0.469 e. The first-order valence-electron chi connectivity index (χ1n) is 11.2. The normalized spacial score (nSPS) is 13.1. The fourth-order valence-electron chi connectivity index (χ4n) is 4.43. The lowest BCUT2D eigenvalue weighted by Crippen LogP contribution is -2.19. The van der Waals surface area contributed by atoms with Crippen molar-refractivity contribution >= 4 is 22.5 Å². The Morgan fingerprint density at radius 3 is 2.59 bits per heavy atom. The van der Waals surface area contributed by atoms with Crippen LogP contribution in [0.3, 0.4) is 0 Å². The molecule has 0 fully saturated rings. The molecule has 0 radical (unpaired) electrons. The molecule has 4 rings (SSSR count). The van der Waals surface area contributed by atoms with E-state index >= 15 is 0 Å². The van der Waals surface area contributed by atoms with Gasteiger partial charge in [0.1, 0.15) is 0 Å². The van der Waals surface area contributed by atoms with Gasteiger partial charge in [0, 0.05) is 52.4 Å². The zero-order valence-corrected chi connectivity index (χ0v) is 20.1. The van der Waals surface area contributed by atoms with Gasteiger partial charge < -0.3 is 9.30 Å². The van der Waals surface area contributed by atoms with E-state index in [4.69, 9.17) is 14.8 Å². The van der Waals surface area contributed by atoms with E-state index in [2.05, 4.69) is 62.7 Å². The zero-order valence-electron chi connectivity index (χ0n) is 20.1. The summed E-state index contributed by atoms with van der Waals surface area (Å²) in [6, 6.07) is 10.6. The van der Waals surface area contributed by atoms with E-state index in [-0.39, 0.29) is 11.4 Å². The Hall–Kier alpha value is -3.15. The third-order valence-electron chi connectivity index (χ3n) is 6.17. The number of ether oxygens (including phenoxy) is 1. The van der Waals surface area contributed by atoms with E-state index in [0.29, 0.717) is 6.42 Å². The third kappa shape index (κ3) is 3.68. The smallest absolute Gasteiger partial charge is 0.313 e. The Balaban J connectivity index is 2.09. The second-order valence-corrected chi connectivity index (χ2v) is 9.57. The van der Waals surface area contributed by atoms with Crippen LogP contribution in [0.2, 0.25) is 0 Å². The molecule has 1 unspecified atom stereocenters. The van der Waals surface area contributed by atoms with Gasteiger partial charge in [0.2, 0.25) is 0 Å². The van der Waals surface area contributed by atoms with Crippen LogP contribution in [-0.2, 0) is 22.0 Å². The average Bonchev–Trinajstić information content (AvgIpc) is 3.34. The summed E-state index contributed by atoms with van der Waals surface area (Å²) in [5.74, 6) is -0.632.